The summed E-state index contributed by atoms with van der Waals surface area (Å²) in [6, 6.07) is 16.4. The van der Waals surface area contributed by atoms with Gasteiger partial charge in [0.2, 0.25) is 0 Å². The Kier molecular flexibility index (Phi) is 6.17. The molecule has 0 saturated carbocycles. The zero-order valence-corrected chi connectivity index (χ0v) is 19.2. The van der Waals surface area contributed by atoms with Gasteiger partial charge in [0, 0.05) is 16.8 Å². The number of aryl methyl sites for hydroxylation is 6. The maximum Gasteiger partial charge on any atom is 0.148 e. The fourth-order valence-electron chi connectivity index (χ4n) is 4.23. The van der Waals surface area contributed by atoms with E-state index in [1.165, 1.54) is 16.7 Å². The summed E-state index contributed by atoms with van der Waals surface area (Å²) in [6.07, 6.45) is 0.491. The summed E-state index contributed by atoms with van der Waals surface area (Å²) < 4.78 is 15.0. The van der Waals surface area contributed by atoms with Crippen LogP contribution in [0.3, 0.4) is 0 Å². The molecule has 0 heterocycles. The van der Waals surface area contributed by atoms with Crippen LogP contribution >= 0.6 is 7.14 Å². The average Bonchev–Trinajstić information content (AvgIpc) is 2.66. The van der Waals surface area contributed by atoms with Gasteiger partial charge in [-0.05, 0) is 87.1 Å². The molecule has 1 atom stereocenters. The Morgan fingerprint density at radius 2 is 1.24 bits per heavy atom. The van der Waals surface area contributed by atoms with Crippen molar-refractivity contribution in [1.29, 1.82) is 0 Å². The Morgan fingerprint density at radius 1 is 0.690 bits per heavy atom. The van der Waals surface area contributed by atoms with Crippen molar-refractivity contribution in [2.45, 2.75) is 54.3 Å². The molecule has 0 spiro atoms. The first kappa shape index (κ1) is 21.6. The van der Waals surface area contributed by atoms with Gasteiger partial charge in [-0.25, -0.2) is 0 Å². The lowest BCUT2D eigenvalue weighted by Gasteiger charge is -2.26. The molecule has 0 amide bonds. The Bertz CT molecular complexity index is 1090. The topological polar surface area (TPSA) is 37.3 Å². The van der Waals surface area contributed by atoms with Crippen LogP contribution in [0.5, 0.6) is 0 Å². The van der Waals surface area contributed by atoms with E-state index < -0.39 is 7.14 Å². The van der Waals surface area contributed by atoms with Crippen molar-refractivity contribution in [3.05, 3.63) is 93.0 Å². The van der Waals surface area contributed by atoms with Crippen molar-refractivity contribution >= 4 is 17.8 Å². The number of hydrogen-bond donors (Lipinski definition) is 1. The molecule has 0 radical (unpaired) electrons. The summed E-state index contributed by atoms with van der Waals surface area (Å²) in [5.41, 5.74) is 8.72. The Balaban J connectivity index is 2.32. The standard InChI is InChI=1S/C26H31O2P/c1-17-7-8-19(3)25(13-17)29(28,26-14-23(15-27)10-9-20(26)4)16-24-21(5)11-18(2)12-22(24)6/h7-14,27H,15-16H2,1-6H3. The zero-order valence-electron chi connectivity index (χ0n) is 18.3. The van der Waals surface area contributed by atoms with E-state index in [0.717, 1.165) is 38.4 Å². The van der Waals surface area contributed by atoms with Gasteiger partial charge in [0.25, 0.3) is 0 Å². The first-order chi connectivity index (χ1) is 13.7. The molecule has 2 nitrogen and oxygen atoms in total. The Labute approximate surface area is 175 Å². The van der Waals surface area contributed by atoms with Crippen molar-refractivity contribution in [3.63, 3.8) is 0 Å². The van der Waals surface area contributed by atoms with Crippen molar-refractivity contribution < 1.29 is 9.67 Å². The van der Waals surface area contributed by atoms with Crippen LogP contribution in [-0.4, -0.2) is 5.11 Å². The third-order valence-corrected chi connectivity index (χ3v) is 9.10. The molecule has 0 fully saturated rings. The Morgan fingerprint density at radius 3 is 1.83 bits per heavy atom. The smallest absolute Gasteiger partial charge is 0.148 e. The fourth-order valence-corrected chi connectivity index (χ4v) is 7.85. The van der Waals surface area contributed by atoms with Gasteiger partial charge in [-0.3, -0.25) is 0 Å². The molecule has 0 bridgehead atoms. The summed E-state index contributed by atoms with van der Waals surface area (Å²) in [5.74, 6) is 0. The molecular weight excluding hydrogens is 375 g/mol. The molecule has 0 saturated heterocycles. The van der Waals surface area contributed by atoms with Crippen molar-refractivity contribution in [2.75, 3.05) is 0 Å². The second kappa shape index (κ2) is 8.30. The first-order valence-electron chi connectivity index (χ1n) is 10.1. The van der Waals surface area contributed by atoms with Crippen LogP contribution in [0.25, 0.3) is 0 Å². The van der Waals surface area contributed by atoms with Gasteiger partial charge in [-0.15, -0.1) is 0 Å². The highest BCUT2D eigenvalue weighted by Crippen LogP contribution is 2.50. The lowest BCUT2D eigenvalue weighted by atomic mass is 10.0. The van der Waals surface area contributed by atoms with Gasteiger partial charge in [-0.1, -0.05) is 47.5 Å². The average molecular weight is 407 g/mol. The van der Waals surface area contributed by atoms with Gasteiger partial charge in [0.15, 0.2) is 0 Å². The van der Waals surface area contributed by atoms with Gasteiger partial charge in [-0.2, -0.15) is 0 Å². The van der Waals surface area contributed by atoms with E-state index >= 15 is 0 Å². The van der Waals surface area contributed by atoms with Crippen LogP contribution in [-0.2, 0) is 17.3 Å². The first-order valence-corrected chi connectivity index (χ1v) is 12.0. The summed E-state index contributed by atoms with van der Waals surface area (Å²) >= 11 is 0. The molecule has 1 unspecified atom stereocenters. The summed E-state index contributed by atoms with van der Waals surface area (Å²) in [4.78, 5) is 0. The van der Waals surface area contributed by atoms with Crippen LogP contribution in [0.15, 0.2) is 48.5 Å². The maximum atomic E-state index is 15.0. The zero-order chi connectivity index (χ0) is 21.3. The van der Waals surface area contributed by atoms with Crippen molar-refractivity contribution in [2.24, 2.45) is 0 Å². The van der Waals surface area contributed by atoms with Gasteiger partial charge in [0.1, 0.15) is 7.14 Å². The molecular formula is C26H31O2P. The summed E-state index contributed by atoms with van der Waals surface area (Å²) in [5, 5.41) is 11.5. The third-order valence-electron chi connectivity index (χ3n) is 5.82. The summed E-state index contributed by atoms with van der Waals surface area (Å²) in [7, 11) is -2.97. The van der Waals surface area contributed by atoms with Crippen LogP contribution < -0.4 is 10.6 Å². The summed E-state index contributed by atoms with van der Waals surface area (Å²) in [6.45, 7) is 12.4. The number of benzene rings is 3. The van der Waals surface area contributed by atoms with Crippen LogP contribution in [0.2, 0.25) is 0 Å². The second-order valence-electron chi connectivity index (χ2n) is 8.34. The minimum atomic E-state index is -2.97. The second-order valence-corrected chi connectivity index (χ2v) is 11.1. The molecule has 3 aromatic rings. The predicted octanol–water partition coefficient (Wildman–Crippen LogP) is 5.54. The molecule has 0 aromatic heterocycles. The molecule has 0 aliphatic carbocycles. The number of aliphatic hydroxyl groups is 1. The van der Waals surface area contributed by atoms with Gasteiger partial charge in [0.05, 0.1) is 6.61 Å². The van der Waals surface area contributed by atoms with Gasteiger partial charge >= 0.3 is 0 Å². The maximum absolute atomic E-state index is 15.0. The molecule has 0 aliphatic rings. The van der Waals surface area contributed by atoms with E-state index in [-0.39, 0.29) is 6.61 Å². The monoisotopic (exact) mass is 406 g/mol. The lowest BCUT2D eigenvalue weighted by Crippen LogP contribution is -2.23. The lowest BCUT2D eigenvalue weighted by molar-refractivity contribution is 0.282. The molecule has 0 aliphatic heterocycles. The fraction of sp³-hybridized carbons (Fsp3) is 0.308. The number of rotatable bonds is 5. The Hall–Kier alpha value is -2.15. The quantitative estimate of drug-likeness (QED) is 0.565. The van der Waals surface area contributed by atoms with Crippen LogP contribution in [0.1, 0.15) is 44.5 Å². The van der Waals surface area contributed by atoms with Gasteiger partial charge < -0.3 is 9.67 Å². The highest BCUT2D eigenvalue weighted by molar-refractivity contribution is 7.78. The van der Waals surface area contributed by atoms with Crippen molar-refractivity contribution in [1.82, 2.24) is 0 Å². The SMILES string of the molecule is Cc1cc(C)c(CP(=O)(c2cc(C)ccc2C)c2cc(CO)ccc2C)c(C)c1. The molecule has 1 N–H and O–H groups in total. The normalized spacial score (nSPS) is 13.3. The van der Waals surface area contributed by atoms with E-state index in [9.17, 15) is 9.67 Å². The molecule has 3 aromatic carbocycles. The number of hydrogen-bond acceptors (Lipinski definition) is 2. The van der Waals surface area contributed by atoms with E-state index in [4.69, 9.17) is 0 Å². The highest BCUT2D eigenvalue weighted by atomic mass is 31.2. The van der Waals surface area contributed by atoms with E-state index in [1.807, 2.05) is 39.0 Å². The molecule has 29 heavy (non-hydrogen) atoms. The van der Waals surface area contributed by atoms with E-state index in [1.54, 1.807) is 0 Å². The molecule has 3 rings (SSSR count). The highest BCUT2D eigenvalue weighted by Gasteiger charge is 2.32. The van der Waals surface area contributed by atoms with E-state index in [0.29, 0.717) is 6.16 Å². The molecule has 3 heteroatoms. The largest absolute Gasteiger partial charge is 0.392 e. The minimum Gasteiger partial charge on any atom is -0.392 e. The third kappa shape index (κ3) is 4.25. The molecule has 152 valence electrons. The van der Waals surface area contributed by atoms with Crippen LogP contribution in [0, 0.1) is 41.5 Å². The van der Waals surface area contributed by atoms with Crippen LogP contribution in [0.4, 0.5) is 0 Å². The van der Waals surface area contributed by atoms with Crippen molar-refractivity contribution in [3.8, 4) is 0 Å². The number of aliphatic hydroxyl groups excluding tert-OH is 1. The minimum absolute atomic E-state index is 0.0529. The predicted molar refractivity (Wildman–Crippen MR) is 124 cm³/mol. The van der Waals surface area contributed by atoms with E-state index in [2.05, 4.69) is 51.1 Å².